The Morgan fingerprint density at radius 2 is 1.50 bits per heavy atom. The van der Waals surface area contributed by atoms with Crippen molar-refractivity contribution >= 4 is 17.8 Å². The van der Waals surface area contributed by atoms with Crippen molar-refractivity contribution in [2.24, 2.45) is 0 Å². The quantitative estimate of drug-likeness (QED) is 0.516. The molecule has 0 saturated heterocycles. The van der Waals surface area contributed by atoms with E-state index in [4.69, 9.17) is 24.5 Å². The first-order valence-corrected chi connectivity index (χ1v) is 9.82. The number of benzene rings is 1. The number of hydrogen-bond acceptors (Lipinski definition) is 6. The fourth-order valence-corrected chi connectivity index (χ4v) is 2.74. The van der Waals surface area contributed by atoms with Gasteiger partial charge in [-0.3, -0.25) is 9.69 Å². The maximum atomic E-state index is 11.8. The first-order valence-electron chi connectivity index (χ1n) is 9.82. The summed E-state index contributed by atoms with van der Waals surface area (Å²) in [6.07, 6.45) is -8.51. The average molecular weight is 528 g/mol. The number of nitrogens with one attached hydrogen (secondary N) is 1. The Kier molecular flexibility index (Phi) is 10.7. The van der Waals surface area contributed by atoms with Crippen LogP contribution in [0.15, 0.2) is 30.5 Å². The number of methoxy groups -OCH3 is 1. The van der Waals surface area contributed by atoms with Crippen molar-refractivity contribution < 1.29 is 55.7 Å². The van der Waals surface area contributed by atoms with Gasteiger partial charge in [-0.15, -0.1) is 0 Å². The van der Waals surface area contributed by atoms with Crippen molar-refractivity contribution in [2.75, 3.05) is 20.7 Å². The summed E-state index contributed by atoms with van der Waals surface area (Å²) in [4.78, 5) is 36.3. The number of carbonyl (C=O) groups is 3. The number of imidazole rings is 1. The minimum Gasteiger partial charge on any atom is -0.497 e. The molecule has 0 radical (unpaired) electrons. The van der Waals surface area contributed by atoms with Gasteiger partial charge in [-0.05, 0) is 17.7 Å². The van der Waals surface area contributed by atoms with Crippen LogP contribution >= 0.6 is 0 Å². The number of aromatic nitrogens is 2. The smallest absolute Gasteiger partial charge is 0.490 e. The molecule has 0 bridgehead atoms. The summed E-state index contributed by atoms with van der Waals surface area (Å²) in [5.41, 5.74) is 1.88. The highest BCUT2D eigenvalue weighted by Crippen LogP contribution is 2.18. The van der Waals surface area contributed by atoms with Crippen molar-refractivity contribution in [3.8, 4) is 5.75 Å². The highest BCUT2D eigenvalue weighted by atomic mass is 19.4. The van der Waals surface area contributed by atoms with E-state index in [1.165, 1.54) is 5.56 Å². The molecule has 10 nitrogen and oxygen atoms in total. The summed E-state index contributed by atoms with van der Waals surface area (Å²) < 4.78 is 70.7. The maximum Gasteiger partial charge on any atom is 0.490 e. The zero-order chi connectivity index (χ0) is 27.7. The third-order valence-electron chi connectivity index (χ3n) is 4.45. The molecule has 3 N–H and O–H groups in total. The normalized spacial score (nSPS) is 13.2. The van der Waals surface area contributed by atoms with Crippen LogP contribution in [0.5, 0.6) is 5.75 Å². The number of ether oxygens (including phenoxy) is 1. The number of carbonyl (C=O) groups excluding carboxylic acids is 1. The average Bonchev–Trinajstić information content (AvgIpc) is 3.22. The lowest BCUT2D eigenvalue weighted by Gasteiger charge is -2.28. The van der Waals surface area contributed by atoms with Gasteiger partial charge in [0, 0.05) is 26.7 Å². The van der Waals surface area contributed by atoms with Crippen LogP contribution in [0.25, 0.3) is 0 Å². The van der Waals surface area contributed by atoms with Gasteiger partial charge in [0.1, 0.15) is 17.3 Å². The number of amides is 1. The van der Waals surface area contributed by atoms with E-state index in [1.54, 1.807) is 20.4 Å². The number of carboxylic acids is 2. The van der Waals surface area contributed by atoms with Gasteiger partial charge in [0.25, 0.3) is 5.91 Å². The lowest BCUT2D eigenvalue weighted by Crippen LogP contribution is -2.35. The molecule has 16 heteroatoms. The minimum absolute atomic E-state index is 0.0812. The molecule has 1 aromatic heterocycles. The van der Waals surface area contributed by atoms with E-state index >= 15 is 0 Å². The maximum absolute atomic E-state index is 11.8. The Morgan fingerprint density at radius 3 is 1.92 bits per heavy atom. The first-order chi connectivity index (χ1) is 16.6. The van der Waals surface area contributed by atoms with Crippen LogP contribution in [0, 0.1) is 0 Å². The van der Waals surface area contributed by atoms with Crippen LogP contribution in [-0.4, -0.2) is 75.6 Å². The lowest BCUT2D eigenvalue weighted by molar-refractivity contribution is -0.193. The Morgan fingerprint density at radius 1 is 1.00 bits per heavy atom. The second-order valence-electron chi connectivity index (χ2n) is 6.95. The number of halogens is 6. The highest BCUT2D eigenvalue weighted by Gasteiger charge is 2.38. The number of alkyl halides is 6. The van der Waals surface area contributed by atoms with Gasteiger partial charge in [-0.1, -0.05) is 12.1 Å². The first kappa shape index (κ1) is 30.2. The Labute approximate surface area is 200 Å². The highest BCUT2D eigenvalue weighted by molar-refractivity contribution is 5.92. The molecule has 0 fully saturated rings. The van der Waals surface area contributed by atoms with E-state index in [1.807, 2.05) is 16.7 Å². The third kappa shape index (κ3) is 9.44. The van der Waals surface area contributed by atoms with Crippen LogP contribution < -0.4 is 10.1 Å². The molecule has 0 unspecified atom stereocenters. The number of rotatable bonds is 4. The Balaban J connectivity index is 0.000000383. The van der Waals surface area contributed by atoms with E-state index in [-0.39, 0.29) is 5.91 Å². The third-order valence-corrected chi connectivity index (χ3v) is 4.45. The fourth-order valence-electron chi connectivity index (χ4n) is 2.74. The predicted octanol–water partition coefficient (Wildman–Crippen LogP) is 2.53. The number of aliphatic carboxylic acids is 2. The monoisotopic (exact) mass is 528 g/mol. The van der Waals surface area contributed by atoms with E-state index in [2.05, 4.69) is 27.3 Å². The van der Waals surface area contributed by atoms with Gasteiger partial charge in [0.2, 0.25) is 0 Å². The van der Waals surface area contributed by atoms with Crippen LogP contribution in [0.2, 0.25) is 0 Å². The number of hydrogen-bond donors (Lipinski definition) is 3. The summed E-state index contributed by atoms with van der Waals surface area (Å²) in [6.45, 7) is 3.31. The molecule has 1 amide bonds. The largest absolute Gasteiger partial charge is 0.497 e. The summed E-state index contributed by atoms with van der Waals surface area (Å²) in [5.74, 6) is -3.78. The number of fused-ring (bicyclic) bond motifs is 1. The molecular formula is C20H22F6N4O6. The van der Waals surface area contributed by atoms with Gasteiger partial charge in [-0.2, -0.15) is 26.3 Å². The molecule has 0 spiro atoms. The molecular weight excluding hydrogens is 506 g/mol. The number of carboxylic acid groups (broad SMARTS) is 2. The topological polar surface area (TPSA) is 134 Å². The van der Waals surface area contributed by atoms with Crippen molar-refractivity contribution in [1.29, 1.82) is 0 Å². The second-order valence-corrected chi connectivity index (χ2v) is 6.95. The summed E-state index contributed by atoms with van der Waals surface area (Å²) in [6, 6.07) is 8.11. The van der Waals surface area contributed by atoms with Gasteiger partial charge in [0.15, 0.2) is 0 Å². The molecule has 1 aliphatic heterocycles. The molecule has 1 aromatic carbocycles. The standard InChI is InChI=1S/C16H20N4O2.2C2HF3O2/c1-17-16(21)14-9-18-15-11-19(7-8-20(14)15)10-12-3-5-13(22-2)6-4-12;2*3-2(4,5)1(6)7/h3-6,9H,7-8,10-11H2,1-2H3,(H,17,21);2*(H,6,7). The van der Waals surface area contributed by atoms with Crippen molar-refractivity contribution in [1.82, 2.24) is 19.8 Å². The molecule has 2 aromatic rings. The predicted molar refractivity (Wildman–Crippen MR) is 110 cm³/mol. The minimum atomic E-state index is -5.08. The molecule has 200 valence electrons. The van der Waals surface area contributed by atoms with Gasteiger partial charge in [0.05, 0.1) is 19.9 Å². The lowest BCUT2D eigenvalue weighted by atomic mass is 10.2. The second kappa shape index (κ2) is 12.8. The van der Waals surface area contributed by atoms with Crippen LogP contribution in [0.4, 0.5) is 26.3 Å². The molecule has 2 heterocycles. The molecule has 0 atom stereocenters. The van der Waals surface area contributed by atoms with Crippen molar-refractivity contribution in [2.45, 2.75) is 32.0 Å². The summed E-state index contributed by atoms with van der Waals surface area (Å²) in [7, 11) is 3.31. The van der Waals surface area contributed by atoms with E-state index in [0.29, 0.717) is 5.69 Å². The van der Waals surface area contributed by atoms with E-state index < -0.39 is 24.3 Å². The summed E-state index contributed by atoms with van der Waals surface area (Å²) >= 11 is 0. The fraction of sp³-hybridized carbons (Fsp3) is 0.400. The molecule has 36 heavy (non-hydrogen) atoms. The van der Waals surface area contributed by atoms with Crippen LogP contribution in [-0.2, 0) is 29.2 Å². The zero-order valence-electron chi connectivity index (χ0n) is 18.9. The zero-order valence-corrected chi connectivity index (χ0v) is 18.9. The number of nitrogens with zero attached hydrogens (tertiary/aromatic N) is 3. The van der Waals surface area contributed by atoms with E-state index in [0.717, 1.165) is 37.8 Å². The SMILES string of the molecule is CNC(=O)c1cnc2n1CCN(Cc1ccc(OC)cc1)C2.O=C(O)C(F)(F)F.O=C(O)C(F)(F)F. The van der Waals surface area contributed by atoms with Gasteiger partial charge >= 0.3 is 24.3 Å². The van der Waals surface area contributed by atoms with Crippen LogP contribution in [0.1, 0.15) is 21.9 Å². The molecule has 0 aliphatic carbocycles. The van der Waals surface area contributed by atoms with Gasteiger partial charge < -0.3 is 24.8 Å². The molecule has 3 rings (SSSR count). The van der Waals surface area contributed by atoms with E-state index in [9.17, 15) is 31.1 Å². The van der Waals surface area contributed by atoms with Crippen molar-refractivity contribution in [3.63, 3.8) is 0 Å². The Bertz CT molecular complexity index is 1010. The summed E-state index contributed by atoms with van der Waals surface area (Å²) in [5, 5.41) is 16.9. The molecule has 1 aliphatic rings. The van der Waals surface area contributed by atoms with Crippen LogP contribution in [0.3, 0.4) is 0 Å². The van der Waals surface area contributed by atoms with Crippen molar-refractivity contribution in [3.05, 3.63) is 47.5 Å². The Hall–Kier alpha value is -3.82. The molecule has 0 saturated carbocycles. The van der Waals surface area contributed by atoms with Gasteiger partial charge in [-0.25, -0.2) is 14.6 Å².